The van der Waals surface area contributed by atoms with Gasteiger partial charge in [-0.2, -0.15) is 5.10 Å². The fourth-order valence-corrected chi connectivity index (χ4v) is 4.21. The monoisotopic (exact) mass is 421 g/mol. The molecule has 0 aliphatic rings. The Hall–Kier alpha value is -3.26. The third kappa shape index (κ3) is 3.91. The summed E-state index contributed by atoms with van der Waals surface area (Å²) in [4.78, 5) is 31.2. The zero-order chi connectivity index (χ0) is 21.3. The van der Waals surface area contributed by atoms with Gasteiger partial charge in [0.15, 0.2) is 0 Å². The normalized spacial score (nSPS) is 12.2. The van der Waals surface area contributed by atoms with E-state index in [9.17, 15) is 9.59 Å². The van der Waals surface area contributed by atoms with E-state index in [1.807, 2.05) is 56.4 Å². The zero-order valence-corrected chi connectivity index (χ0v) is 17.9. The second-order valence-electron chi connectivity index (χ2n) is 7.26. The number of aryl methyl sites for hydroxylation is 2. The first kappa shape index (κ1) is 20.0. The smallest absolute Gasteiger partial charge is 0.264 e. The Morgan fingerprint density at radius 3 is 2.70 bits per heavy atom. The maximum absolute atomic E-state index is 13.1. The summed E-state index contributed by atoms with van der Waals surface area (Å²) in [6.07, 6.45) is 4.19. The van der Waals surface area contributed by atoms with Crippen molar-refractivity contribution in [3.8, 4) is 0 Å². The second kappa shape index (κ2) is 8.23. The van der Waals surface area contributed by atoms with Crippen LogP contribution in [0.25, 0.3) is 4.96 Å². The fraction of sp³-hybridized carbons (Fsp3) is 0.273. The molecule has 1 aromatic carbocycles. The molecule has 0 bridgehead atoms. The predicted molar refractivity (Wildman–Crippen MR) is 117 cm³/mol. The van der Waals surface area contributed by atoms with Crippen molar-refractivity contribution in [3.05, 3.63) is 86.5 Å². The number of carbonyl (C=O) groups is 1. The molecule has 8 heteroatoms. The van der Waals surface area contributed by atoms with E-state index in [1.54, 1.807) is 22.2 Å². The lowest BCUT2D eigenvalue weighted by Gasteiger charge is -2.17. The Bertz CT molecular complexity index is 1220. The maximum atomic E-state index is 13.1. The Balaban J connectivity index is 1.49. The summed E-state index contributed by atoms with van der Waals surface area (Å²) in [5.74, 6) is -0.359. The van der Waals surface area contributed by atoms with Gasteiger partial charge in [0.05, 0.1) is 17.9 Å². The van der Waals surface area contributed by atoms with Crippen LogP contribution in [-0.4, -0.2) is 31.6 Å². The summed E-state index contributed by atoms with van der Waals surface area (Å²) in [5, 5.41) is 8.16. The number of aromatic nitrogens is 4. The minimum absolute atomic E-state index is 0.166. The van der Waals surface area contributed by atoms with Crippen molar-refractivity contribution in [1.29, 1.82) is 0 Å². The molecule has 1 N–H and O–H groups in total. The van der Waals surface area contributed by atoms with Crippen molar-refractivity contribution in [1.82, 2.24) is 24.5 Å². The van der Waals surface area contributed by atoms with Crippen molar-refractivity contribution in [3.63, 3.8) is 0 Å². The molecule has 0 aliphatic heterocycles. The number of amides is 1. The molecule has 1 amide bonds. The number of benzene rings is 1. The van der Waals surface area contributed by atoms with Crippen LogP contribution < -0.4 is 10.9 Å². The number of hydrogen-bond acceptors (Lipinski definition) is 5. The Morgan fingerprint density at radius 1 is 1.20 bits per heavy atom. The number of imidazole rings is 1. The SMILES string of the molecule is Cc1nn2cc(CCNC(=O)c3c(C)ccn(C(C)c4ccccc4)c3=O)nc2s1. The summed E-state index contributed by atoms with van der Waals surface area (Å²) >= 11 is 1.53. The summed E-state index contributed by atoms with van der Waals surface area (Å²) < 4.78 is 3.36. The number of pyridine rings is 1. The predicted octanol–water partition coefficient (Wildman–Crippen LogP) is 3.15. The van der Waals surface area contributed by atoms with Gasteiger partial charge in [-0.3, -0.25) is 9.59 Å². The number of nitrogens with zero attached hydrogens (tertiary/aromatic N) is 4. The molecule has 0 saturated carbocycles. The van der Waals surface area contributed by atoms with E-state index in [2.05, 4.69) is 15.4 Å². The number of nitrogens with one attached hydrogen (secondary N) is 1. The molecule has 0 radical (unpaired) electrons. The van der Waals surface area contributed by atoms with Crippen LogP contribution in [0, 0.1) is 13.8 Å². The van der Waals surface area contributed by atoms with Crippen molar-refractivity contribution >= 4 is 22.2 Å². The number of rotatable bonds is 6. The summed E-state index contributed by atoms with van der Waals surface area (Å²) in [6, 6.07) is 11.4. The molecule has 3 heterocycles. The maximum Gasteiger partial charge on any atom is 0.264 e. The Morgan fingerprint density at radius 2 is 1.97 bits per heavy atom. The number of hydrogen-bond donors (Lipinski definition) is 1. The third-order valence-electron chi connectivity index (χ3n) is 5.11. The topological polar surface area (TPSA) is 81.3 Å². The second-order valence-corrected chi connectivity index (χ2v) is 8.42. The lowest BCUT2D eigenvalue weighted by molar-refractivity contribution is 0.0951. The van der Waals surface area contributed by atoms with Gasteiger partial charge in [-0.05, 0) is 38.0 Å². The van der Waals surface area contributed by atoms with Crippen molar-refractivity contribution in [2.24, 2.45) is 0 Å². The molecule has 1 unspecified atom stereocenters. The van der Waals surface area contributed by atoms with Crippen LogP contribution in [0.5, 0.6) is 0 Å². The van der Waals surface area contributed by atoms with E-state index in [0.717, 1.165) is 21.2 Å². The van der Waals surface area contributed by atoms with Gasteiger partial charge in [-0.15, -0.1) is 0 Å². The van der Waals surface area contributed by atoms with Crippen molar-refractivity contribution in [2.75, 3.05) is 6.54 Å². The van der Waals surface area contributed by atoms with Crippen LogP contribution in [0.4, 0.5) is 0 Å². The zero-order valence-electron chi connectivity index (χ0n) is 17.1. The van der Waals surface area contributed by atoms with Gasteiger partial charge < -0.3 is 9.88 Å². The van der Waals surface area contributed by atoms with Gasteiger partial charge in [0.2, 0.25) is 4.96 Å². The van der Waals surface area contributed by atoms with Gasteiger partial charge in [-0.1, -0.05) is 41.7 Å². The van der Waals surface area contributed by atoms with Gasteiger partial charge >= 0.3 is 0 Å². The highest BCUT2D eigenvalue weighted by molar-refractivity contribution is 7.16. The molecular formula is C22H23N5O2S. The minimum Gasteiger partial charge on any atom is -0.351 e. The van der Waals surface area contributed by atoms with Crippen LogP contribution >= 0.6 is 11.3 Å². The summed E-state index contributed by atoms with van der Waals surface area (Å²) in [7, 11) is 0. The first-order valence-corrected chi connectivity index (χ1v) is 10.6. The van der Waals surface area contributed by atoms with Crippen LogP contribution in [0.1, 0.15) is 45.2 Å². The van der Waals surface area contributed by atoms with E-state index >= 15 is 0 Å². The molecule has 30 heavy (non-hydrogen) atoms. The van der Waals surface area contributed by atoms with Crippen LogP contribution in [0.2, 0.25) is 0 Å². The van der Waals surface area contributed by atoms with E-state index < -0.39 is 0 Å². The largest absolute Gasteiger partial charge is 0.351 e. The quantitative estimate of drug-likeness (QED) is 0.519. The molecule has 1 atom stereocenters. The lowest BCUT2D eigenvalue weighted by atomic mass is 10.1. The van der Waals surface area contributed by atoms with Crippen LogP contribution in [0.3, 0.4) is 0 Å². The molecule has 4 rings (SSSR count). The highest BCUT2D eigenvalue weighted by Gasteiger charge is 2.18. The molecule has 0 spiro atoms. The Kier molecular flexibility index (Phi) is 5.50. The molecule has 4 aromatic rings. The first-order valence-electron chi connectivity index (χ1n) is 9.80. The van der Waals surface area contributed by atoms with Gasteiger partial charge in [-0.25, -0.2) is 9.50 Å². The van der Waals surface area contributed by atoms with E-state index in [1.165, 1.54) is 11.3 Å². The molecule has 0 fully saturated rings. The van der Waals surface area contributed by atoms with Crippen LogP contribution in [-0.2, 0) is 6.42 Å². The van der Waals surface area contributed by atoms with E-state index in [4.69, 9.17) is 0 Å². The van der Waals surface area contributed by atoms with Gasteiger partial charge in [0.25, 0.3) is 11.5 Å². The Labute approximate surface area is 178 Å². The molecule has 0 saturated heterocycles. The number of carbonyl (C=O) groups excluding carboxylic acids is 1. The van der Waals surface area contributed by atoms with Gasteiger partial charge in [0, 0.05) is 19.2 Å². The highest BCUT2D eigenvalue weighted by Crippen LogP contribution is 2.17. The summed E-state index contributed by atoms with van der Waals surface area (Å²) in [5.41, 5.74) is 2.43. The molecule has 154 valence electrons. The number of fused-ring (bicyclic) bond motifs is 1. The molecule has 7 nitrogen and oxygen atoms in total. The van der Waals surface area contributed by atoms with Gasteiger partial charge in [0.1, 0.15) is 10.6 Å². The summed E-state index contributed by atoms with van der Waals surface area (Å²) in [6.45, 7) is 6.07. The molecule has 3 aromatic heterocycles. The van der Waals surface area contributed by atoms with Crippen molar-refractivity contribution < 1.29 is 4.79 Å². The first-order chi connectivity index (χ1) is 14.4. The van der Waals surface area contributed by atoms with Crippen LogP contribution in [0.15, 0.2) is 53.6 Å². The molecular weight excluding hydrogens is 398 g/mol. The fourth-order valence-electron chi connectivity index (χ4n) is 3.47. The minimum atomic E-state index is -0.359. The van der Waals surface area contributed by atoms with Crippen molar-refractivity contribution in [2.45, 2.75) is 33.2 Å². The average Bonchev–Trinajstić information content (AvgIpc) is 3.25. The molecule has 0 aliphatic carbocycles. The van der Waals surface area contributed by atoms with E-state index in [-0.39, 0.29) is 23.1 Å². The average molecular weight is 422 g/mol. The third-order valence-corrected chi connectivity index (χ3v) is 5.95. The van der Waals surface area contributed by atoms with E-state index in [0.29, 0.717) is 18.5 Å². The highest BCUT2D eigenvalue weighted by atomic mass is 32.1. The standard InChI is InChI=1S/C22H23N5O2S/c1-14-10-12-26(15(2)17-7-5-4-6-8-17)21(29)19(14)20(28)23-11-9-18-13-27-22(24-18)30-16(3)25-27/h4-8,10,12-13,15H,9,11H2,1-3H3,(H,23,28). The lowest BCUT2D eigenvalue weighted by Crippen LogP contribution is -2.36.